The molecule has 1 saturated carbocycles. The zero-order valence-corrected chi connectivity index (χ0v) is 23.1. The zero-order valence-electron chi connectivity index (χ0n) is 23.1. The molecule has 210 valence electrons. The van der Waals surface area contributed by atoms with Crippen LogP contribution in [0.4, 0.5) is 0 Å². The predicted octanol–water partition coefficient (Wildman–Crippen LogP) is 2.93. The molecule has 3 aliphatic carbocycles. The fraction of sp³-hybridized carbons (Fsp3) is 0.387. The van der Waals surface area contributed by atoms with Crippen molar-refractivity contribution in [2.45, 2.75) is 50.7 Å². The van der Waals surface area contributed by atoms with E-state index in [0.29, 0.717) is 5.56 Å². The Kier molecular flexibility index (Phi) is 6.24. The number of primary amides is 1. The van der Waals surface area contributed by atoms with Crippen LogP contribution in [0.5, 0.6) is 5.75 Å². The number of hydrogen-bond donors (Lipinski definition) is 5. The second kappa shape index (κ2) is 9.04. The standard InChI is InChI=1S/C31H34N2O7/c1-30(2,3)16-8-6-14(7-9-16)17-10-11-20(34)22-18(17)12-15-13-19-24(33(4)5)26(36)23(29(32)39)28(38)31(19,40)27(37)21(15)25(22)35/h6-11,15,19,24,34-35,38,40H,12-13H2,1-5H3,(H2,32,39)/t15-,19+,24+,31+/m0/s1. The van der Waals surface area contributed by atoms with Crippen LogP contribution in [0.15, 0.2) is 53.3 Å². The SMILES string of the molecule is CN(C)[C@H]1C(=O)C(C(N)=O)=C(O)[C@]2(O)C(=O)C3=C(O)c4c(O)ccc(-c5ccc(C(C)(C)C)cc5)c4C[C@H]3C[C@H]12. The molecule has 0 saturated heterocycles. The summed E-state index contributed by atoms with van der Waals surface area (Å²) in [5, 5.41) is 44.9. The Bertz CT molecular complexity index is 1530. The van der Waals surface area contributed by atoms with Gasteiger partial charge >= 0.3 is 0 Å². The number of nitrogens with two attached hydrogens (primary N) is 1. The van der Waals surface area contributed by atoms with Gasteiger partial charge in [-0.15, -0.1) is 0 Å². The van der Waals surface area contributed by atoms with Gasteiger partial charge in [0.2, 0.25) is 5.78 Å². The normalized spacial score (nSPS) is 26.5. The molecule has 0 radical (unpaired) electrons. The van der Waals surface area contributed by atoms with Gasteiger partial charge in [0, 0.05) is 11.5 Å². The maximum Gasteiger partial charge on any atom is 0.255 e. The monoisotopic (exact) mass is 546 g/mol. The molecule has 0 aliphatic heterocycles. The van der Waals surface area contributed by atoms with Crippen molar-refractivity contribution in [2.24, 2.45) is 17.6 Å². The summed E-state index contributed by atoms with van der Waals surface area (Å²) in [6.07, 6.45) is 0.281. The van der Waals surface area contributed by atoms with Crippen LogP contribution in [0.25, 0.3) is 16.9 Å². The summed E-state index contributed by atoms with van der Waals surface area (Å²) in [6, 6.07) is 10.1. The number of amides is 1. The Balaban J connectivity index is 1.70. The molecule has 9 heteroatoms. The van der Waals surface area contributed by atoms with Gasteiger partial charge in [-0.2, -0.15) is 0 Å². The number of likely N-dealkylation sites (N-methyl/N-ethyl adjacent to an activating group) is 1. The molecule has 5 rings (SSSR count). The van der Waals surface area contributed by atoms with Gasteiger partial charge in [-0.05, 0) is 66.6 Å². The van der Waals surface area contributed by atoms with Crippen LogP contribution in [0.1, 0.15) is 43.9 Å². The lowest BCUT2D eigenvalue weighted by Gasteiger charge is -2.50. The third-order valence-corrected chi connectivity index (χ3v) is 8.67. The van der Waals surface area contributed by atoms with Crippen molar-refractivity contribution in [3.63, 3.8) is 0 Å². The molecule has 40 heavy (non-hydrogen) atoms. The van der Waals surface area contributed by atoms with Crippen LogP contribution < -0.4 is 5.73 Å². The van der Waals surface area contributed by atoms with E-state index in [1.807, 2.05) is 24.3 Å². The second-order valence-corrected chi connectivity index (χ2v) is 12.3. The number of rotatable bonds is 3. The molecule has 0 spiro atoms. The minimum Gasteiger partial charge on any atom is -0.508 e. The fourth-order valence-electron chi connectivity index (χ4n) is 6.66. The molecule has 1 amide bonds. The highest BCUT2D eigenvalue weighted by atomic mass is 16.3. The molecule has 4 atom stereocenters. The maximum absolute atomic E-state index is 14.0. The summed E-state index contributed by atoms with van der Waals surface area (Å²) < 4.78 is 0. The smallest absolute Gasteiger partial charge is 0.255 e. The van der Waals surface area contributed by atoms with Crippen LogP contribution >= 0.6 is 0 Å². The van der Waals surface area contributed by atoms with Crippen molar-refractivity contribution in [1.29, 1.82) is 0 Å². The number of fused-ring (bicyclic) bond motifs is 3. The number of ketones is 2. The lowest BCUT2D eigenvalue weighted by Crippen LogP contribution is -2.65. The number of nitrogens with zero attached hydrogens (tertiary/aromatic N) is 1. The highest BCUT2D eigenvalue weighted by Crippen LogP contribution is 2.53. The molecule has 9 nitrogen and oxygen atoms in total. The molecule has 0 heterocycles. The summed E-state index contributed by atoms with van der Waals surface area (Å²) in [5.41, 5.74) is 5.18. The Labute approximate surface area is 232 Å². The lowest BCUT2D eigenvalue weighted by molar-refractivity contribution is -0.153. The van der Waals surface area contributed by atoms with Gasteiger partial charge in [0.25, 0.3) is 5.91 Å². The number of benzene rings is 2. The first-order valence-electron chi connectivity index (χ1n) is 13.2. The van der Waals surface area contributed by atoms with E-state index in [0.717, 1.165) is 16.7 Å². The number of Topliss-reactive ketones (excluding diaryl/α,β-unsaturated/α-hetero) is 2. The summed E-state index contributed by atoms with van der Waals surface area (Å²) in [4.78, 5) is 40.8. The van der Waals surface area contributed by atoms with Gasteiger partial charge in [-0.25, -0.2) is 0 Å². The van der Waals surface area contributed by atoms with Crippen molar-refractivity contribution in [2.75, 3.05) is 14.1 Å². The van der Waals surface area contributed by atoms with Crippen LogP contribution in [-0.2, 0) is 26.2 Å². The number of carbonyl (C=O) groups is 3. The van der Waals surface area contributed by atoms with Crippen molar-refractivity contribution < 1.29 is 34.8 Å². The Hall–Kier alpha value is -3.95. The summed E-state index contributed by atoms with van der Waals surface area (Å²) in [7, 11) is 3.15. The lowest BCUT2D eigenvalue weighted by atomic mass is 9.57. The molecule has 0 bridgehead atoms. The summed E-state index contributed by atoms with van der Waals surface area (Å²) in [5.74, 6) is -6.63. The number of aliphatic hydroxyl groups is 3. The summed E-state index contributed by atoms with van der Waals surface area (Å²) in [6.45, 7) is 6.35. The van der Waals surface area contributed by atoms with E-state index in [1.54, 1.807) is 20.2 Å². The van der Waals surface area contributed by atoms with Crippen LogP contribution in [0, 0.1) is 11.8 Å². The molecule has 0 aromatic heterocycles. The number of phenols is 1. The quantitative estimate of drug-likeness (QED) is 0.367. The van der Waals surface area contributed by atoms with Crippen molar-refractivity contribution in [3.8, 4) is 16.9 Å². The molecule has 6 N–H and O–H groups in total. The third kappa shape index (κ3) is 3.79. The average Bonchev–Trinajstić information content (AvgIpc) is 2.85. The minimum atomic E-state index is -2.65. The van der Waals surface area contributed by atoms with Crippen molar-refractivity contribution in [3.05, 3.63) is 70.0 Å². The number of aromatic hydroxyl groups is 1. The van der Waals surface area contributed by atoms with Gasteiger partial charge < -0.3 is 26.2 Å². The first-order chi connectivity index (χ1) is 18.6. The Morgan fingerprint density at radius 3 is 2.20 bits per heavy atom. The number of aliphatic hydroxyl groups excluding tert-OH is 2. The summed E-state index contributed by atoms with van der Waals surface area (Å²) >= 11 is 0. The molecule has 2 aromatic rings. The minimum absolute atomic E-state index is 0.0448. The highest BCUT2D eigenvalue weighted by molar-refractivity contribution is 6.24. The topological polar surface area (TPSA) is 161 Å². The maximum atomic E-state index is 14.0. The van der Waals surface area contributed by atoms with Gasteiger partial charge in [-0.3, -0.25) is 19.3 Å². The molecular formula is C31H34N2O7. The van der Waals surface area contributed by atoms with Gasteiger partial charge in [0.15, 0.2) is 11.4 Å². The molecule has 1 fully saturated rings. The van der Waals surface area contributed by atoms with Crippen LogP contribution in [0.2, 0.25) is 0 Å². The molecule has 0 unspecified atom stereocenters. The third-order valence-electron chi connectivity index (χ3n) is 8.67. The predicted molar refractivity (Wildman–Crippen MR) is 148 cm³/mol. The van der Waals surface area contributed by atoms with Gasteiger partial charge in [0.1, 0.15) is 22.8 Å². The van der Waals surface area contributed by atoms with E-state index in [9.17, 15) is 34.8 Å². The molecule has 3 aliphatic rings. The zero-order chi connectivity index (χ0) is 29.5. The van der Waals surface area contributed by atoms with Gasteiger partial charge in [0.05, 0.1) is 11.6 Å². The fourth-order valence-corrected chi connectivity index (χ4v) is 6.66. The van der Waals surface area contributed by atoms with Gasteiger partial charge in [-0.1, -0.05) is 51.1 Å². The van der Waals surface area contributed by atoms with E-state index in [1.165, 1.54) is 11.0 Å². The van der Waals surface area contributed by atoms with Crippen molar-refractivity contribution in [1.82, 2.24) is 4.90 Å². The Morgan fingerprint density at radius 1 is 1.02 bits per heavy atom. The first-order valence-corrected chi connectivity index (χ1v) is 13.2. The van der Waals surface area contributed by atoms with E-state index in [-0.39, 0.29) is 35.1 Å². The van der Waals surface area contributed by atoms with E-state index in [4.69, 9.17) is 5.73 Å². The largest absolute Gasteiger partial charge is 0.508 e. The number of carbonyl (C=O) groups excluding carboxylic acids is 3. The Morgan fingerprint density at radius 2 is 1.65 bits per heavy atom. The number of hydrogen-bond acceptors (Lipinski definition) is 8. The average molecular weight is 547 g/mol. The second-order valence-electron chi connectivity index (χ2n) is 12.3. The number of phenolic OH excluding ortho intramolecular Hbond substituents is 1. The van der Waals surface area contributed by atoms with Crippen LogP contribution in [-0.4, -0.2) is 68.5 Å². The first kappa shape index (κ1) is 27.6. The molecular weight excluding hydrogens is 512 g/mol. The molecule has 2 aromatic carbocycles. The van der Waals surface area contributed by atoms with Crippen LogP contribution in [0.3, 0.4) is 0 Å². The van der Waals surface area contributed by atoms with E-state index in [2.05, 4.69) is 20.8 Å². The van der Waals surface area contributed by atoms with E-state index < -0.39 is 58.0 Å². The van der Waals surface area contributed by atoms with E-state index >= 15 is 0 Å². The van der Waals surface area contributed by atoms with Crippen molar-refractivity contribution >= 4 is 23.2 Å². The highest BCUT2D eigenvalue weighted by Gasteiger charge is 2.64.